The first-order chi connectivity index (χ1) is 5.49. The summed E-state index contributed by atoms with van der Waals surface area (Å²) in [4.78, 5) is 21.3. The molecule has 0 bridgehead atoms. The summed E-state index contributed by atoms with van der Waals surface area (Å²) in [6, 6.07) is -1.78. The highest BCUT2D eigenvalue weighted by Crippen LogP contribution is 1.82. The number of amides is 2. The normalized spacial score (nSPS) is 14.9. The van der Waals surface area contributed by atoms with E-state index in [2.05, 4.69) is 5.32 Å². The Morgan fingerprint density at radius 1 is 1.58 bits per heavy atom. The predicted octanol–water partition coefficient (Wildman–Crippen LogP) is -2.70. The molecule has 0 aliphatic rings. The molecule has 0 spiro atoms. The van der Waals surface area contributed by atoms with Crippen molar-refractivity contribution in [3.63, 3.8) is 0 Å². The fraction of sp³-hybridized carbons (Fsp3) is 0.667. The van der Waals surface area contributed by atoms with Crippen molar-refractivity contribution in [2.75, 3.05) is 6.61 Å². The van der Waals surface area contributed by atoms with E-state index in [0.717, 1.165) is 0 Å². The first-order valence-electron chi connectivity index (χ1n) is 3.45. The number of hydrogen-bond acceptors (Lipinski definition) is 4. The SMILES string of the molecule is C[C@H](NC(=O)[C@@H](N)CO)C(N)=O. The minimum absolute atomic E-state index is 0.461. The standard InChI is InChI=1S/C6H13N3O3/c1-3(5(8)11)9-6(12)4(7)2-10/h3-4,10H,2,7H2,1H3,(H2,8,11)(H,9,12)/t3-,4-/m0/s1. The van der Waals surface area contributed by atoms with Gasteiger partial charge in [0.15, 0.2) is 0 Å². The molecule has 2 atom stereocenters. The third-order valence-corrected chi connectivity index (χ3v) is 1.32. The molecule has 6 nitrogen and oxygen atoms in total. The van der Waals surface area contributed by atoms with E-state index in [1.165, 1.54) is 6.92 Å². The van der Waals surface area contributed by atoms with Crippen LogP contribution in [0, 0.1) is 0 Å². The summed E-state index contributed by atoms with van der Waals surface area (Å²) in [5.41, 5.74) is 10.0. The number of carbonyl (C=O) groups excluding carboxylic acids is 2. The van der Waals surface area contributed by atoms with Gasteiger partial charge in [-0.15, -0.1) is 0 Å². The zero-order chi connectivity index (χ0) is 9.72. The average Bonchev–Trinajstić information content (AvgIpc) is 2.02. The molecule has 12 heavy (non-hydrogen) atoms. The smallest absolute Gasteiger partial charge is 0.239 e. The van der Waals surface area contributed by atoms with E-state index in [0.29, 0.717) is 0 Å². The molecule has 0 aliphatic heterocycles. The van der Waals surface area contributed by atoms with Gasteiger partial charge >= 0.3 is 0 Å². The fourth-order valence-corrected chi connectivity index (χ4v) is 0.474. The number of carbonyl (C=O) groups is 2. The van der Waals surface area contributed by atoms with E-state index in [-0.39, 0.29) is 0 Å². The minimum Gasteiger partial charge on any atom is -0.394 e. The molecule has 0 heterocycles. The number of nitrogens with two attached hydrogens (primary N) is 2. The number of nitrogens with one attached hydrogen (secondary N) is 1. The number of rotatable bonds is 4. The molecular weight excluding hydrogens is 162 g/mol. The van der Waals surface area contributed by atoms with E-state index in [1.54, 1.807) is 0 Å². The molecule has 0 aromatic heterocycles. The molecule has 6 heteroatoms. The Morgan fingerprint density at radius 3 is 2.42 bits per heavy atom. The van der Waals surface area contributed by atoms with Crippen LogP contribution in [0.1, 0.15) is 6.92 Å². The van der Waals surface area contributed by atoms with Gasteiger partial charge in [0, 0.05) is 0 Å². The minimum atomic E-state index is -1.01. The zero-order valence-electron chi connectivity index (χ0n) is 6.78. The molecule has 0 unspecified atom stereocenters. The molecule has 0 saturated carbocycles. The Balaban J connectivity index is 3.92. The largest absolute Gasteiger partial charge is 0.394 e. The Morgan fingerprint density at radius 2 is 2.08 bits per heavy atom. The molecule has 0 rings (SSSR count). The highest BCUT2D eigenvalue weighted by molar-refractivity contribution is 5.88. The maximum absolute atomic E-state index is 10.9. The van der Waals surface area contributed by atoms with Crippen molar-refractivity contribution >= 4 is 11.8 Å². The van der Waals surface area contributed by atoms with Crippen molar-refractivity contribution in [1.29, 1.82) is 0 Å². The first kappa shape index (κ1) is 10.9. The van der Waals surface area contributed by atoms with Crippen molar-refractivity contribution in [3.05, 3.63) is 0 Å². The number of aliphatic hydroxyl groups excluding tert-OH is 1. The van der Waals surface area contributed by atoms with Crippen LogP contribution < -0.4 is 16.8 Å². The highest BCUT2D eigenvalue weighted by Gasteiger charge is 2.16. The van der Waals surface area contributed by atoms with Gasteiger partial charge in [-0.2, -0.15) is 0 Å². The molecule has 0 aliphatic carbocycles. The lowest BCUT2D eigenvalue weighted by atomic mass is 10.2. The summed E-state index contributed by atoms with van der Waals surface area (Å²) in [6.45, 7) is 0.974. The maximum atomic E-state index is 10.9. The summed E-state index contributed by atoms with van der Waals surface area (Å²) < 4.78 is 0. The molecule has 0 fully saturated rings. The topological polar surface area (TPSA) is 118 Å². The summed E-state index contributed by atoms with van der Waals surface area (Å²) >= 11 is 0. The van der Waals surface area contributed by atoms with Crippen LogP contribution in [-0.2, 0) is 9.59 Å². The van der Waals surface area contributed by atoms with Crippen molar-refractivity contribution in [2.45, 2.75) is 19.0 Å². The first-order valence-corrected chi connectivity index (χ1v) is 3.45. The molecular formula is C6H13N3O3. The number of hydrogen-bond donors (Lipinski definition) is 4. The molecule has 70 valence electrons. The van der Waals surface area contributed by atoms with Gasteiger partial charge in [-0.1, -0.05) is 0 Å². The summed E-state index contributed by atoms with van der Waals surface area (Å²) in [5, 5.41) is 10.7. The van der Waals surface area contributed by atoms with Gasteiger partial charge in [0.25, 0.3) is 0 Å². The van der Waals surface area contributed by atoms with Crippen LogP contribution in [0.25, 0.3) is 0 Å². The van der Waals surface area contributed by atoms with Crippen LogP contribution in [0.5, 0.6) is 0 Å². The van der Waals surface area contributed by atoms with Crippen molar-refractivity contribution < 1.29 is 14.7 Å². The number of primary amides is 1. The van der Waals surface area contributed by atoms with Crippen LogP contribution in [0.3, 0.4) is 0 Å². The third kappa shape index (κ3) is 3.31. The van der Waals surface area contributed by atoms with Crippen molar-refractivity contribution in [2.24, 2.45) is 11.5 Å². The van der Waals surface area contributed by atoms with Gasteiger partial charge in [0.1, 0.15) is 12.1 Å². The maximum Gasteiger partial charge on any atom is 0.239 e. The fourth-order valence-electron chi connectivity index (χ4n) is 0.474. The lowest BCUT2D eigenvalue weighted by Crippen LogP contribution is -2.50. The van der Waals surface area contributed by atoms with Crippen LogP contribution in [0.2, 0.25) is 0 Å². The molecule has 2 amide bonds. The second-order valence-electron chi connectivity index (χ2n) is 2.42. The molecule has 0 radical (unpaired) electrons. The van der Waals surface area contributed by atoms with Crippen LogP contribution in [-0.4, -0.2) is 35.6 Å². The average molecular weight is 175 g/mol. The molecule has 0 aromatic rings. The highest BCUT2D eigenvalue weighted by atomic mass is 16.3. The van der Waals surface area contributed by atoms with Crippen LogP contribution in [0.4, 0.5) is 0 Å². The van der Waals surface area contributed by atoms with Gasteiger partial charge in [0.05, 0.1) is 6.61 Å². The van der Waals surface area contributed by atoms with E-state index in [4.69, 9.17) is 16.6 Å². The van der Waals surface area contributed by atoms with Gasteiger partial charge in [0.2, 0.25) is 11.8 Å². The van der Waals surface area contributed by atoms with Crippen molar-refractivity contribution in [3.8, 4) is 0 Å². The monoisotopic (exact) mass is 175 g/mol. The Hall–Kier alpha value is -1.14. The number of aliphatic hydroxyl groups is 1. The summed E-state index contributed by atoms with van der Waals surface area (Å²) in [5.74, 6) is -1.24. The third-order valence-electron chi connectivity index (χ3n) is 1.32. The Bertz CT molecular complexity index is 183. The Labute approximate surface area is 69.9 Å². The molecule has 0 saturated heterocycles. The van der Waals surface area contributed by atoms with E-state index < -0.39 is 30.5 Å². The summed E-state index contributed by atoms with van der Waals surface area (Å²) in [6.07, 6.45) is 0. The molecule has 0 aromatic carbocycles. The van der Waals surface area contributed by atoms with Crippen LogP contribution >= 0.6 is 0 Å². The van der Waals surface area contributed by atoms with E-state index >= 15 is 0 Å². The lowest BCUT2D eigenvalue weighted by molar-refractivity contribution is -0.128. The summed E-state index contributed by atoms with van der Waals surface area (Å²) in [7, 11) is 0. The van der Waals surface area contributed by atoms with Gasteiger partial charge in [-0.3, -0.25) is 9.59 Å². The quantitative estimate of drug-likeness (QED) is 0.371. The van der Waals surface area contributed by atoms with Crippen LogP contribution in [0.15, 0.2) is 0 Å². The zero-order valence-corrected chi connectivity index (χ0v) is 6.78. The second-order valence-corrected chi connectivity index (χ2v) is 2.42. The molecule has 6 N–H and O–H groups in total. The lowest BCUT2D eigenvalue weighted by Gasteiger charge is -2.12. The second kappa shape index (κ2) is 4.68. The van der Waals surface area contributed by atoms with Gasteiger partial charge in [-0.05, 0) is 6.92 Å². The van der Waals surface area contributed by atoms with Gasteiger partial charge in [-0.25, -0.2) is 0 Å². The van der Waals surface area contributed by atoms with E-state index in [9.17, 15) is 9.59 Å². The van der Waals surface area contributed by atoms with Crippen molar-refractivity contribution in [1.82, 2.24) is 5.32 Å². The van der Waals surface area contributed by atoms with Gasteiger partial charge < -0.3 is 21.9 Å². The predicted molar refractivity (Wildman–Crippen MR) is 41.9 cm³/mol. The van der Waals surface area contributed by atoms with E-state index in [1.807, 2.05) is 0 Å². The Kier molecular flexibility index (Phi) is 4.24.